The number of nitrogens with zero attached hydrogens (tertiary/aromatic N) is 2. The fraction of sp³-hybridized carbons (Fsp3) is 0.529. The maximum absolute atomic E-state index is 11.9. The highest BCUT2D eigenvalue weighted by Gasteiger charge is 2.15. The molecule has 0 aliphatic heterocycles. The van der Waals surface area contributed by atoms with Crippen molar-refractivity contribution in [1.29, 1.82) is 5.26 Å². The van der Waals surface area contributed by atoms with Crippen molar-refractivity contribution in [2.45, 2.75) is 39.5 Å². The number of amides is 1. The molecule has 1 amide bonds. The molecular formula is C17H24N2O2. The number of aryl methyl sites for hydroxylation is 1. The van der Waals surface area contributed by atoms with Crippen LogP contribution in [0.2, 0.25) is 0 Å². The van der Waals surface area contributed by atoms with Crippen molar-refractivity contribution in [2.75, 3.05) is 20.2 Å². The highest BCUT2D eigenvalue weighted by atomic mass is 16.5. The van der Waals surface area contributed by atoms with E-state index in [0.717, 1.165) is 11.3 Å². The number of likely N-dealkylation sites (N-methyl/N-ethyl adjacent to an activating group) is 1. The Morgan fingerprint density at radius 3 is 2.57 bits per heavy atom. The fourth-order valence-corrected chi connectivity index (χ4v) is 1.87. The lowest BCUT2D eigenvalue weighted by Gasteiger charge is -2.21. The van der Waals surface area contributed by atoms with Gasteiger partial charge in [-0.3, -0.25) is 4.79 Å². The number of carbonyl (C=O) groups excluding carboxylic acids is 1. The maximum Gasteiger partial charge on any atom is 0.260 e. The van der Waals surface area contributed by atoms with Crippen molar-refractivity contribution in [1.82, 2.24) is 4.90 Å². The summed E-state index contributed by atoms with van der Waals surface area (Å²) >= 11 is 0. The van der Waals surface area contributed by atoms with E-state index in [1.54, 1.807) is 7.05 Å². The summed E-state index contributed by atoms with van der Waals surface area (Å²) in [4.78, 5) is 13.4. The van der Waals surface area contributed by atoms with Crippen LogP contribution < -0.4 is 4.74 Å². The van der Waals surface area contributed by atoms with Gasteiger partial charge in [-0.25, -0.2) is 0 Å². The Morgan fingerprint density at radius 1 is 1.38 bits per heavy atom. The van der Waals surface area contributed by atoms with E-state index in [0.29, 0.717) is 13.0 Å². The lowest BCUT2D eigenvalue weighted by Crippen LogP contribution is -2.32. The average molecular weight is 288 g/mol. The molecule has 0 saturated heterocycles. The van der Waals surface area contributed by atoms with Crippen LogP contribution in [0.1, 0.15) is 38.3 Å². The molecule has 0 atom stereocenters. The van der Waals surface area contributed by atoms with Gasteiger partial charge in [-0.05, 0) is 29.5 Å². The minimum Gasteiger partial charge on any atom is -0.484 e. The van der Waals surface area contributed by atoms with Crippen molar-refractivity contribution in [3.8, 4) is 11.8 Å². The monoisotopic (exact) mass is 288 g/mol. The van der Waals surface area contributed by atoms with Crippen LogP contribution in [0.15, 0.2) is 18.2 Å². The zero-order chi connectivity index (χ0) is 16.0. The van der Waals surface area contributed by atoms with Crippen LogP contribution in [-0.2, 0) is 10.2 Å². The van der Waals surface area contributed by atoms with E-state index in [1.165, 1.54) is 10.5 Å². The van der Waals surface area contributed by atoms with Crippen molar-refractivity contribution in [2.24, 2.45) is 0 Å². The van der Waals surface area contributed by atoms with Gasteiger partial charge in [0.25, 0.3) is 5.91 Å². The summed E-state index contributed by atoms with van der Waals surface area (Å²) in [6, 6.07) is 8.07. The smallest absolute Gasteiger partial charge is 0.260 e. The predicted molar refractivity (Wildman–Crippen MR) is 83.2 cm³/mol. The zero-order valence-electron chi connectivity index (χ0n) is 13.6. The Hall–Kier alpha value is -2.02. The number of ether oxygens (including phenoxy) is 1. The number of nitriles is 1. The third kappa shape index (κ3) is 5.11. The molecule has 4 heteroatoms. The molecule has 0 spiro atoms. The summed E-state index contributed by atoms with van der Waals surface area (Å²) in [5, 5.41) is 8.51. The summed E-state index contributed by atoms with van der Waals surface area (Å²) in [6.45, 7) is 8.90. The molecular weight excluding hydrogens is 264 g/mol. The Labute approximate surface area is 127 Å². The first-order chi connectivity index (χ1) is 9.75. The van der Waals surface area contributed by atoms with Gasteiger partial charge in [-0.2, -0.15) is 5.26 Å². The van der Waals surface area contributed by atoms with Gasteiger partial charge in [-0.15, -0.1) is 0 Å². The van der Waals surface area contributed by atoms with Crippen molar-refractivity contribution < 1.29 is 9.53 Å². The molecule has 1 rings (SSSR count). The number of carbonyl (C=O) groups is 1. The van der Waals surface area contributed by atoms with E-state index in [4.69, 9.17) is 10.00 Å². The normalized spacial score (nSPS) is 10.9. The third-order valence-electron chi connectivity index (χ3n) is 3.38. The predicted octanol–water partition coefficient (Wildman–Crippen LogP) is 3.04. The lowest BCUT2D eigenvalue weighted by atomic mass is 9.86. The summed E-state index contributed by atoms with van der Waals surface area (Å²) in [7, 11) is 1.68. The summed E-state index contributed by atoms with van der Waals surface area (Å²) in [5.74, 6) is 0.606. The molecule has 0 radical (unpaired) electrons. The van der Waals surface area contributed by atoms with Crippen LogP contribution in [0.5, 0.6) is 5.75 Å². The van der Waals surface area contributed by atoms with Crippen LogP contribution in [-0.4, -0.2) is 31.0 Å². The standard InChI is InChI=1S/C17H24N2O2/c1-13-11-14(17(2,3)4)7-8-15(13)21-12-16(20)19(5)10-6-9-18/h7-8,11H,6,10,12H2,1-5H3. The highest BCUT2D eigenvalue weighted by molar-refractivity contribution is 5.77. The number of hydrogen-bond donors (Lipinski definition) is 0. The third-order valence-corrected chi connectivity index (χ3v) is 3.38. The van der Waals surface area contributed by atoms with Crippen LogP contribution in [0.4, 0.5) is 0 Å². The molecule has 114 valence electrons. The zero-order valence-corrected chi connectivity index (χ0v) is 13.6. The maximum atomic E-state index is 11.9. The SMILES string of the molecule is Cc1cc(C(C)(C)C)ccc1OCC(=O)N(C)CCC#N. The van der Waals surface area contributed by atoms with Gasteiger partial charge in [0.2, 0.25) is 0 Å². The molecule has 0 aliphatic carbocycles. The van der Waals surface area contributed by atoms with E-state index in [2.05, 4.69) is 26.8 Å². The summed E-state index contributed by atoms with van der Waals surface area (Å²) in [6.07, 6.45) is 0.335. The Bertz CT molecular complexity index is 539. The second-order valence-electron chi connectivity index (χ2n) is 6.24. The summed E-state index contributed by atoms with van der Waals surface area (Å²) in [5.41, 5.74) is 2.36. The molecule has 0 fully saturated rings. The van der Waals surface area contributed by atoms with Crippen LogP contribution >= 0.6 is 0 Å². The van der Waals surface area contributed by atoms with Crippen LogP contribution in [0, 0.1) is 18.3 Å². The van der Waals surface area contributed by atoms with Crippen molar-refractivity contribution in [3.63, 3.8) is 0 Å². The average Bonchev–Trinajstić information content (AvgIpc) is 2.41. The molecule has 0 saturated carbocycles. The first-order valence-electron chi connectivity index (χ1n) is 7.10. The first-order valence-corrected chi connectivity index (χ1v) is 7.10. The first kappa shape index (κ1) is 17.0. The Balaban J connectivity index is 2.64. The molecule has 0 unspecified atom stereocenters. The number of hydrogen-bond acceptors (Lipinski definition) is 3. The molecule has 0 aromatic heterocycles. The van der Waals surface area contributed by atoms with Crippen LogP contribution in [0.3, 0.4) is 0 Å². The second-order valence-corrected chi connectivity index (χ2v) is 6.24. The van der Waals surface area contributed by atoms with E-state index < -0.39 is 0 Å². The second kappa shape index (κ2) is 7.12. The molecule has 0 aliphatic rings. The van der Waals surface area contributed by atoms with Gasteiger partial charge < -0.3 is 9.64 Å². The summed E-state index contributed by atoms with van der Waals surface area (Å²) < 4.78 is 5.59. The lowest BCUT2D eigenvalue weighted by molar-refractivity contribution is -0.131. The molecule has 0 heterocycles. The Morgan fingerprint density at radius 2 is 2.05 bits per heavy atom. The topological polar surface area (TPSA) is 53.3 Å². The van der Waals surface area contributed by atoms with Gasteiger partial charge in [0.1, 0.15) is 5.75 Å². The highest BCUT2D eigenvalue weighted by Crippen LogP contribution is 2.27. The van der Waals surface area contributed by atoms with Gasteiger partial charge >= 0.3 is 0 Å². The fourth-order valence-electron chi connectivity index (χ4n) is 1.87. The van der Waals surface area contributed by atoms with Crippen molar-refractivity contribution in [3.05, 3.63) is 29.3 Å². The Kier molecular flexibility index (Phi) is 5.78. The van der Waals surface area contributed by atoms with Crippen molar-refractivity contribution >= 4 is 5.91 Å². The number of benzene rings is 1. The van der Waals surface area contributed by atoms with Gasteiger partial charge in [0.05, 0.1) is 12.5 Å². The van der Waals surface area contributed by atoms with Gasteiger partial charge in [0.15, 0.2) is 6.61 Å². The molecule has 0 N–H and O–H groups in total. The van der Waals surface area contributed by atoms with Crippen LogP contribution in [0.25, 0.3) is 0 Å². The van der Waals surface area contributed by atoms with E-state index in [-0.39, 0.29) is 17.9 Å². The molecule has 21 heavy (non-hydrogen) atoms. The minimum atomic E-state index is -0.121. The minimum absolute atomic E-state index is 0.00235. The molecule has 0 bridgehead atoms. The largest absolute Gasteiger partial charge is 0.484 e. The van der Waals surface area contributed by atoms with E-state index in [1.807, 2.05) is 25.1 Å². The van der Waals surface area contributed by atoms with Gasteiger partial charge in [-0.1, -0.05) is 32.9 Å². The molecule has 4 nitrogen and oxygen atoms in total. The van der Waals surface area contributed by atoms with E-state index >= 15 is 0 Å². The molecule has 1 aromatic carbocycles. The van der Waals surface area contributed by atoms with E-state index in [9.17, 15) is 4.79 Å². The molecule has 1 aromatic rings. The quantitative estimate of drug-likeness (QED) is 0.836. The number of rotatable bonds is 5. The van der Waals surface area contributed by atoms with Gasteiger partial charge in [0, 0.05) is 13.6 Å².